The molecular weight excluding hydrogens is 580 g/mol. The van der Waals surface area contributed by atoms with Gasteiger partial charge in [-0.25, -0.2) is 0 Å². The van der Waals surface area contributed by atoms with Crippen LogP contribution in [0.4, 0.5) is 5.69 Å². The molecule has 0 radical (unpaired) electrons. The Morgan fingerprint density at radius 2 is 1.11 bits per heavy atom. The van der Waals surface area contributed by atoms with Gasteiger partial charge < -0.3 is 11.1 Å². The van der Waals surface area contributed by atoms with Crippen LogP contribution in [0.1, 0.15) is 149 Å². The van der Waals surface area contributed by atoms with Crippen molar-refractivity contribution >= 4 is 23.8 Å². The Morgan fingerprint density at radius 1 is 0.638 bits per heavy atom. The number of rotatable bonds is 23. The highest BCUT2D eigenvalue weighted by Gasteiger charge is 2.16. The van der Waals surface area contributed by atoms with Gasteiger partial charge in [0.2, 0.25) is 12.3 Å². The molecule has 0 fully saturated rings. The molecule has 0 unspecified atom stereocenters. The third-order valence-corrected chi connectivity index (χ3v) is 8.69. The monoisotopic (exact) mass is 640 g/mol. The number of nitrogens with two attached hydrogens (primary N) is 1. The molecular formula is C42H60N2O3. The summed E-state index contributed by atoms with van der Waals surface area (Å²) < 4.78 is 0. The maximum atomic E-state index is 13.5. The molecule has 256 valence electrons. The number of anilines is 1. The molecule has 5 nitrogen and oxygen atoms in total. The lowest BCUT2D eigenvalue weighted by Gasteiger charge is -2.13. The van der Waals surface area contributed by atoms with Gasteiger partial charge in [-0.1, -0.05) is 176 Å². The van der Waals surface area contributed by atoms with E-state index in [1.807, 2.05) is 73.7 Å². The molecule has 3 aromatic rings. The fourth-order valence-corrected chi connectivity index (χ4v) is 5.93. The van der Waals surface area contributed by atoms with Crippen molar-refractivity contribution in [1.82, 2.24) is 0 Å². The second-order valence-electron chi connectivity index (χ2n) is 12.8. The highest BCUT2D eigenvalue weighted by Crippen LogP contribution is 2.24. The predicted molar refractivity (Wildman–Crippen MR) is 198 cm³/mol. The second kappa shape index (κ2) is 25.4. The van der Waals surface area contributed by atoms with Crippen molar-refractivity contribution in [2.75, 3.05) is 5.32 Å². The highest BCUT2D eigenvalue weighted by atomic mass is 16.2. The highest BCUT2D eigenvalue weighted by molar-refractivity contribution is 6.14. The molecule has 2 amide bonds. The normalized spacial score (nSPS) is 10.6. The van der Waals surface area contributed by atoms with Crippen LogP contribution in [0.25, 0.3) is 0 Å². The number of hydrogen-bond donors (Lipinski definition) is 2. The number of primary amides is 1. The lowest BCUT2D eigenvalue weighted by Crippen LogP contribution is -2.17. The SMILES string of the molecule is CCCCCCCCCCCCCCCCCCCc1ccc(NC(=O)Cc2ccc(C)cc2)c(C(=O)c2ccccc2)c1.NC=O. The zero-order chi connectivity index (χ0) is 34.0. The van der Waals surface area contributed by atoms with Gasteiger partial charge in [0.15, 0.2) is 5.78 Å². The van der Waals surface area contributed by atoms with Crippen molar-refractivity contribution in [3.63, 3.8) is 0 Å². The maximum Gasteiger partial charge on any atom is 0.228 e. The number of hydrogen-bond acceptors (Lipinski definition) is 3. The van der Waals surface area contributed by atoms with Gasteiger partial charge in [0.05, 0.1) is 12.1 Å². The summed E-state index contributed by atoms with van der Waals surface area (Å²) in [7, 11) is 0. The molecule has 0 spiro atoms. The summed E-state index contributed by atoms with van der Waals surface area (Å²) in [4.78, 5) is 34.9. The zero-order valence-electron chi connectivity index (χ0n) is 29.2. The van der Waals surface area contributed by atoms with Crippen LogP contribution in [-0.2, 0) is 22.4 Å². The van der Waals surface area contributed by atoms with E-state index in [9.17, 15) is 9.59 Å². The number of benzene rings is 3. The molecule has 47 heavy (non-hydrogen) atoms. The zero-order valence-corrected chi connectivity index (χ0v) is 29.2. The Kier molecular flexibility index (Phi) is 21.3. The molecule has 0 aliphatic heterocycles. The molecule has 3 aromatic carbocycles. The third kappa shape index (κ3) is 17.7. The van der Waals surface area contributed by atoms with Gasteiger partial charge in [0, 0.05) is 11.1 Å². The van der Waals surface area contributed by atoms with Gasteiger partial charge in [0.25, 0.3) is 0 Å². The van der Waals surface area contributed by atoms with Crippen molar-refractivity contribution in [2.24, 2.45) is 5.73 Å². The average Bonchev–Trinajstić information content (AvgIpc) is 3.08. The summed E-state index contributed by atoms with van der Waals surface area (Å²) in [6.07, 6.45) is 24.7. The lowest BCUT2D eigenvalue weighted by atomic mass is 9.96. The Bertz CT molecular complexity index is 1270. The average molecular weight is 641 g/mol. The first kappa shape index (κ1) is 39.4. The van der Waals surface area contributed by atoms with Crippen LogP contribution in [0.5, 0.6) is 0 Å². The summed E-state index contributed by atoms with van der Waals surface area (Å²) in [6, 6.07) is 23.3. The van der Waals surface area contributed by atoms with Crippen molar-refractivity contribution in [3.05, 3.63) is 101 Å². The van der Waals surface area contributed by atoms with Crippen LogP contribution in [0.15, 0.2) is 72.8 Å². The smallest absolute Gasteiger partial charge is 0.228 e. The second-order valence-corrected chi connectivity index (χ2v) is 12.8. The molecule has 3 N–H and O–H groups in total. The molecule has 3 rings (SSSR count). The molecule has 0 bridgehead atoms. The van der Waals surface area contributed by atoms with Crippen LogP contribution in [0.3, 0.4) is 0 Å². The van der Waals surface area contributed by atoms with Crippen LogP contribution < -0.4 is 11.1 Å². The summed E-state index contributed by atoms with van der Waals surface area (Å²) in [6.45, 7) is 4.32. The Morgan fingerprint density at radius 3 is 1.62 bits per heavy atom. The van der Waals surface area contributed by atoms with Gasteiger partial charge in [-0.15, -0.1) is 0 Å². The van der Waals surface area contributed by atoms with Crippen molar-refractivity contribution in [1.29, 1.82) is 0 Å². The van der Waals surface area contributed by atoms with Gasteiger partial charge in [-0.2, -0.15) is 0 Å². The summed E-state index contributed by atoms with van der Waals surface area (Å²) in [5.41, 5.74) is 9.23. The van der Waals surface area contributed by atoms with Crippen molar-refractivity contribution in [3.8, 4) is 0 Å². The van der Waals surface area contributed by atoms with E-state index in [0.29, 0.717) is 16.8 Å². The topological polar surface area (TPSA) is 89.3 Å². The maximum absolute atomic E-state index is 13.5. The minimum Gasteiger partial charge on any atom is -0.372 e. The quantitative estimate of drug-likeness (QED) is 0.0614. The molecule has 0 aliphatic carbocycles. The molecule has 0 saturated carbocycles. The van der Waals surface area contributed by atoms with Crippen LogP contribution in [0, 0.1) is 6.92 Å². The van der Waals surface area contributed by atoms with Gasteiger partial charge >= 0.3 is 0 Å². The largest absolute Gasteiger partial charge is 0.372 e. The number of ketones is 1. The third-order valence-electron chi connectivity index (χ3n) is 8.69. The number of carbonyl (C=O) groups is 3. The Labute approximate surface area is 285 Å². The predicted octanol–water partition coefficient (Wildman–Crippen LogP) is 10.7. The molecule has 0 atom stereocenters. The fraction of sp³-hybridized carbons (Fsp3) is 0.500. The lowest BCUT2D eigenvalue weighted by molar-refractivity contribution is -0.115. The minimum absolute atomic E-state index is 0.0551. The van der Waals surface area contributed by atoms with E-state index in [0.717, 1.165) is 24.0 Å². The van der Waals surface area contributed by atoms with E-state index >= 15 is 0 Å². The fourth-order valence-electron chi connectivity index (χ4n) is 5.93. The van der Waals surface area contributed by atoms with E-state index in [1.165, 1.54) is 108 Å². The van der Waals surface area contributed by atoms with E-state index in [2.05, 4.69) is 24.0 Å². The van der Waals surface area contributed by atoms with E-state index in [4.69, 9.17) is 4.79 Å². The molecule has 0 heterocycles. The first-order chi connectivity index (χ1) is 23.0. The number of carbonyl (C=O) groups excluding carboxylic acids is 3. The summed E-state index contributed by atoms with van der Waals surface area (Å²) >= 11 is 0. The number of amides is 2. The van der Waals surface area contributed by atoms with E-state index < -0.39 is 0 Å². The summed E-state index contributed by atoms with van der Waals surface area (Å²) in [5.74, 6) is -0.169. The first-order valence-corrected chi connectivity index (χ1v) is 18.2. The van der Waals surface area contributed by atoms with Crippen molar-refractivity contribution in [2.45, 2.75) is 136 Å². The molecule has 0 aliphatic rings. The molecule has 0 aromatic heterocycles. The minimum atomic E-state index is -0.114. The molecule has 5 heteroatoms. The van der Waals surface area contributed by atoms with Crippen LogP contribution in [-0.4, -0.2) is 18.1 Å². The Hall–Kier alpha value is -3.73. The first-order valence-electron chi connectivity index (χ1n) is 18.2. The number of nitrogens with one attached hydrogen (secondary N) is 1. The van der Waals surface area contributed by atoms with Gasteiger partial charge in [-0.05, 0) is 43.0 Å². The van der Waals surface area contributed by atoms with E-state index in [1.54, 1.807) is 0 Å². The number of unbranched alkanes of at least 4 members (excludes halogenated alkanes) is 16. The van der Waals surface area contributed by atoms with Crippen molar-refractivity contribution < 1.29 is 14.4 Å². The van der Waals surface area contributed by atoms with Crippen LogP contribution in [0.2, 0.25) is 0 Å². The standard InChI is InChI=1S/C41H57NO2.CH3NO/c1-3-4-5-6-7-8-9-10-11-12-13-14-15-16-17-18-20-23-35-30-31-39(38(32-35)41(44)37-24-21-19-22-25-37)42-40(43)33-36-28-26-34(2)27-29-36;2-1-3/h19,21-22,24-32H,3-18,20,23,33H2,1-2H3,(H,42,43);1H,(H2,2,3). The van der Waals surface area contributed by atoms with Crippen LogP contribution >= 0.6 is 0 Å². The Balaban J connectivity index is 0.00000246. The van der Waals surface area contributed by atoms with Gasteiger partial charge in [0.1, 0.15) is 0 Å². The van der Waals surface area contributed by atoms with Gasteiger partial charge in [-0.3, -0.25) is 14.4 Å². The van der Waals surface area contributed by atoms with E-state index in [-0.39, 0.29) is 24.5 Å². The summed E-state index contributed by atoms with van der Waals surface area (Å²) in [5, 5.41) is 3.02. The molecule has 0 saturated heterocycles. The number of aryl methyl sites for hydroxylation is 2.